The van der Waals surface area contributed by atoms with E-state index >= 15 is 0 Å². The molecule has 2 aromatic carbocycles. The van der Waals surface area contributed by atoms with Gasteiger partial charge in [-0.15, -0.1) is 0 Å². The van der Waals surface area contributed by atoms with Crippen molar-refractivity contribution in [2.24, 2.45) is 0 Å². The number of sulfonamides is 1. The van der Waals surface area contributed by atoms with Crippen LogP contribution in [-0.4, -0.2) is 60.2 Å². The molecular weight excluding hydrogens is 446 g/mol. The molecule has 9 nitrogen and oxygen atoms in total. The Balaban J connectivity index is 1.94. The van der Waals surface area contributed by atoms with Crippen LogP contribution in [0.1, 0.15) is 32.6 Å². The molecule has 4 rings (SSSR count). The molecule has 1 aromatic heterocycles. The molecule has 0 saturated carbocycles. The number of carboxylic acid groups (broad SMARTS) is 1. The SMILES string of the molecule is Cc1ccc(Cc2cnc3c(O)c4c(c(N(C)S(C)(=O)=O)c3c2)CN(CC(=O)O)C4=O)cc1. The van der Waals surface area contributed by atoms with Crippen molar-refractivity contribution in [2.45, 2.75) is 19.9 Å². The summed E-state index contributed by atoms with van der Waals surface area (Å²) in [6.45, 7) is 1.28. The Hall–Kier alpha value is -3.66. The fraction of sp³-hybridized carbons (Fsp3) is 0.261. The zero-order valence-electron chi connectivity index (χ0n) is 18.4. The van der Waals surface area contributed by atoms with Gasteiger partial charge < -0.3 is 15.1 Å². The topological polar surface area (TPSA) is 128 Å². The summed E-state index contributed by atoms with van der Waals surface area (Å²) < 4.78 is 26.0. The van der Waals surface area contributed by atoms with E-state index in [0.717, 1.165) is 32.2 Å². The first kappa shape index (κ1) is 22.5. The lowest BCUT2D eigenvalue weighted by atomic mass is 9.98. The Morgan fingerprint density at radius 2 is 1.88 bits per heavy atom. The van der Waals surface area contributed by atoms with Crippen LogP contribution in [0.5, 0.6) is 5.75 Å². The van der Waals surface area contributed by atoms with E-state index in [4.69, 9.17) is 5.11 Å². The van der Waals surface area contributed by atoms with Crippen LogP contribution in [0.2, 0.25) is 0 Å². The van der Waals surface area contributed by atoms with E-state index < -0.39 is 28.4 Å². The monoisotopic (exact) mass is 469 g/mol. The minimum atomic E-state index is -3.74. The summed E-state index contributed by atoms with van der Waals surface area (Å²) in [5, 5.41) is 20.4. The van der Waals surface area contributed by atoms with Crippen LogP contribution < -0.4 is 4.31 Å². The number of anilines is 1. The van der Waals surface area contributed by atoms with Crippen molar-refractivity contribution in [3.05, 3.63) is 64.3 Å². The van der Waals surface area contributed by atoms with Crippen molar-refractivity contribution in [3.63, 3.8) is 0 Å². The maximum absolute atomic E-state index is 12.9. The molecule has 0 fully saturated rings. The largest absolute Gasteiger partial charge is 0.505 e. The first-order valence-electron chi connectivity index (χ1n) is 10.1. The number of benzene rings is 2. The molecule has 1 amide bonds. The van der Waals surface area contributed by atoms with Crippen LogP contribution in [0.3, 0.4) is 0 Å². The maximum atomic E-state index is 12.9. The third kappa shape index (κ3) is 4.09. The summed E-state index contributed by atoms with van der Waals surface area (Å²) in [6.07, 6.45) is 3.15. The number of pyridine rings is 1. The van der Waals surface area contributed by atoms with Crippen molar-refractivity contribution in [3.8, 4) is 5.75 Å². The molecule has 1 aliphatic heterocycles. The lowest BCUT2D eigenvalue weighted by Crippen LogP contribution is -2.30. The standard InChI is InChI=1S/C23H23N3O6S/c1-13-4-6-14(7-5-13)8-15-9-16-20(24-10-15)22(29)19-17(21(16)25(2)33(3,31)32)11-26(23(19)30)12-18(27)28/h4-7,9-10,29H,8,11-12H2,1-3H3,(H,27,28). The lowest BCUT2D eigenvalue weighted by Gasteiger charge is -2.23. The van der Waals surface area contributed by atoms with Gasteiger partial charge in [0.05, 0.1) is 17.5 Å². The van der Waals surface area contributed by atoms with Gasteiger partial charge in [0.15, 0.2) is 5.75 Å². The fourth-order valence-corrected chi connectivity index (χ4v) is 4.62. The van der Waals surface area contributed by atoms with Crippen molar-refractivity contribution in [2.75, 3.05) is 24.2 Å². The Morgan fingerprint density at radius 1 is 1.21 bits per heavy atom. The highest BCUT2D eigenvalue weighted by atomic mass is 32.2. The van der Waals surface area contributed by atoms with Gasteiger partial charge in [-0.2, -0.15) is 0 Å². The molecular formula is C23H23N3O6S. The van der Waals surface area contributed by atoms with Gasteiger partial charge in [0, 0.05) is 30.7 Å². The summed E-state index contributed by atoms with van der Waals surface area (Å²) in [6, 6.07) is 9.73. The number of hydrogen-bond acceptors (Lipinski definition) is 6. The molecule has 3 aromatic rings. The number of carbonyl (C=O) groups is 2. The predicted molar refractivity (Wildman–Crippen MR) is 123 cm³/mol. The summed E-state index contributed by atoms with van der Waals surface area (Å²) in [5.41, 5.74) is 3.38. The number of rotatable bonds is 6. The minimum absolute atomic E-state index is 0.0810. The molecule has 10 heteroatoms. The first-order chi connectivity index (χ1) is 15.5. The van der Waals surface area contributed by atoms with Gasteiger partial charge in [-0.25, -0.2) is 8.42 Å². The van der Waals surface area contributed by atoms with Gasteiger partial charge >= 0.3 is 5.97 Å². The number of phenolic OH excluding ortho intramolecular Hbond substituents is 1. The maximum Gasteiger partial charge on any atom is 0.323 e. The Bertz CT molecular complexity index is 1400. The van der Waals surface area contributed by atoms with Crippen LogP contribution in [-0.2, 0) is 27.8 Å². The molecule has 0 spiro atoms. The zero-order chi connectivity index (χ0) is 24.1. The highest BCUT2D eigenvalue weighted by Crippen LogP contribution is 2.44. The molecule has 2 heterocycles. The van der Waals surface area contributed by atoms with Crippen LogP contribution in [0.4, 0.5) is 5.69 Å². The normalized spacial score (nSPS) is 13.4. The van der Waals surface area contributed by atoms with Gasteiger partial charge in [-0.05, 0) is 30.5 Å². The van der Waals surface area contributed by atoms with Crippen molar-refractivity contribution in [1.82, 2.24) is 9.88 Å². The van der Waals surface area contributed by atoms with Crippen LogP contribution in [0.25, 0.3) is 10.9 Å². The van der Waals surface area contributed by atoms with Gasteiger partial charge in [0.2, 0.25) is 10.0 Å². The van der Waals surface area contributed by atoms with Crippen LogP contribution in [0, 0.1) is 6.92 Å². The number of nitrogens with zero attached hydrogens (tertiary/aromatic N) is 3. The van der Waals surface area contributed by atoms with Gasteiger partial charge in [-0.3, -0.25) is 18.9 Å². The molecule has 2 N–H and O–H groups in total. The number of phenols is 1. The lowest BCUT2D eigenvalue weighted by molar-refractivity contribution is -0.137. The molecule has 172 valence electrons. The molecule has 0 unspecified atom stereocenters. The van der Waals surface area contributed by atoms with Crippen molar-refractivity contribution >= 4 is 38.5 Å². The highest BCUT2D eigenvalue weighted by Gasteiger charge is 2.37. The number of carboxylic acids is 1. The summed E-state index contributed by atoms with van der Waals surface area (Å²) in [5.74, 6) is -2.28. The van der Waals surface area contributed by atoms with Crippen molar-refractivity contribution < 1.29 is 28.2 Å². The number of carbonyl (C=O) groups excluding carboxylic acids is 1. The molecule has 0 saturated heterocycles. The van der Waals surface area contributed by atoms with E-state index in [1.807, 2.05) is 31.2 Å². The minimum Gasteiger partial charge on any atom is -0.505 e. The zero-order valence-corrected chi connectivity index (χ0v) is 19.2. The number of aromatic nitrogens is 1. The van der Waals surface area contributed by atoms with Crippen LogP contribution in [0.15, 0.2) is 36.5 Å². The summed E-state index contributed by atoms with van der Waals surface area (Å²) >= 11 is 0. The Kier molecular flexibility index (Phi) is 5.49. The van der Waals surface area contributed by atoms with E-state index in [2.05, 4.69) is 4.98 Å². The third-order valence-electron chi connectivity index (χ3n) is 5.77. The molecule has 0 radical (unpaired) electrons. The van der Waals surface area contributed by atoms with E-state index in [0.29, 0.717) is 11.8 Å². The number of aliphatic carboxylic acids is 1. The summed E-state index contributed by atoms with van der Waals surface area (Å²) in [7, 11) is -2.38. The second kappa shape index (κ2) is 8.04. The third-order valence-corrected chi connectivity index (χ3v) is 6.94. The second-order valence-electron chi connectivity index (χ2n) is 8.24. The molecule has 1 aliphatic rings. The second-order valence-corrected chi connectivity index (χ2v) is 10.3. The Labute approximate surface area is 190 Å². The number of amides is 1. The average molecular weight is 470 g/mol. The molecule has 33 heavy (non-hydrogen) atoms. The van der Waals surface area contributed by atoms with Gasteiger partial charge in [0.25, 0.3) is 5.91 Å². The number of hydrogen-bond donors (Lipinski definition) is 2. The smallest absolute Gasteiger partial charge is 0.323 e. The van der Waals surface area contributed by atoms with Crippen molar-refractivity contribution in [1.29, 1.82) is 0 Å². The van der Waals surface area contributed by atoms with Gasteiger partial charge in [0.1, 0.15) is 12.1 Å². The number of aryl methyl sites for hydroxylation is 1. The quantitative estimate of drug-likeness (QED) is 0.567. The highest BCUT2D eigenvalue weighted by molar-refractivity contribution is 7.92. The number of fused-ring (bicyclic) bond motifs is 2. The predicted octanol–water partition coefficient (Wildman–Crippen LogP) is 2.28. The first-order valence-corrected chi connectivity index (χ1v) is 12.0. The van der Waals surface area contributed by atoms with E-state index in [-0.39, 0.29) is 34.6 Å². The van der Waals surface area contributed by atoms with E-state index in [9.17, 15) is 23.1 Å². The summed E-state index contributed by atoms with van der Waals surface area (Å²) in [4.78, 5) is 29.5. The molecule has 0 bridgehead atoms. The van der Waals surface area contributed by atoms with E-state index in [1.165, 1.54) is 7.05 Å². The average Bonchev–Trinajstić information content (AvgIpc) is 3.04. The van der Waals surface area contributed by atoms with Gasteiger partial charge in [-0.1, -0.05) is 29.8 Å². The number of aromatic hydroxyl groups is 1. The molecule has 0 atom stereocenters. The van der Waals surface area contributed by atoms with Crippen LogP contribution >= 0.6 is 0 Å². The fourth-order valence-electron chi connectivity index (χ4n) is 4.08. The molecule has 0 aliphatic carbocycles. The Morgan fingerprint density at radius 3 is 2.48 bits per heavy atom. The van der Waals surface area contributed by atoms with E-state index in [1.54, 1.807) is 12.3 Å².